The van der Waals surface area contributed by atoms with Crippen LogP contribution in [0.25, 0.3) is 0 Å². The number of furan rings is 1. The van der Waals surface area contributed by atoms with Crippen LogP contribution in [-0.4, -0.2) is 65.1 Å². The molecule has 4 rings (SSSR count). The molecule has 0 saturated carbocycles. The average Bonchev–Trinajstić information content (AvgIpc) is 3.34. The third-order valence-electron chi connectivity index (χ3n) is 5.43. The quantitative estimate of drug-likeness (QED) is 0.710. The van der Waals surface area contributed by atoms with Crippen LogP contribution in [0.3, 0.4) is 0 Å². The second kappa shape index (κ2) is 7.82. The molecule has 0 radical (unpaired) electrons. The lowest BCUT2D eigenvalue weighted by Crippen LogP contribution is -2.52. The van der Waals surface area contributed by atoms with E-state index in [-0.39, 0.29) is 30.9 Å². The van der Waals surface area contributed by atoms with Crippen LogP contribution in [-0.2, 0) is 17.7 Å². The van der Waals surface area contributed by atoms with Crippen LogP contribution >= 0.6 is 0 Å². The molecule has 0 spiro atoms. The monoisotopic (exact) mass is 372 g/mol. The number of hydrogen-bond donors (Lipinski definition) is 3. The minimum absolute atomic E-state index is 0.232. The Labute approximate surface area is 157 Å². The van der Waals surface area contributed by atoms with Gasteiger partial charge in [-0.15, -0.1) is 0 Å². The molecular formula is C20H24N2O5. The van der Waals surface area contributed by atoms with E-state index in [2.05, 4.69) is 22.3 Å². The number of nitrogens with one attached hydrogen (secondary N) is 1. The summed E-state index contributed by atoms with van der Waals surface area (Å²) >= 11 is 0. The van der Waals surface area contributed by atoms with Crippen LogP contribution in [0, 0.1) is 0 Å². The van der Waals surface area contributed by atoms with E-state index in [0.717, 1.165) is 13.0 Å². The van der Waals surface area contributed by atoms with Crippen molar-refractivity contribution in [3.63, 3.8) is 0 Å². The van der Waals surface area contributed by atoms with Crippen molar-refractivity contribution in [3.8, 4) is 0 Å². The predicted octanol–water partition coefficient (Wildman–Crippen LogP) is 0.557. The van der Waals surface area contributed by atoms with Gasteiger partial charge in [0.15, 0.2) is 5.76 Å². The summed E-state index contributed by atoms with van der Waals surface area (Å²) in [4.78, 5) is 14.3. The van der Waals surface area contributed by atoms with E-state index in [0.29, 0.717) is 6.54 Å². The van der Waals surface area contributed by atoms with Crippen molar-refractivity contribution in [1.82, 2.24) is 10.2 Å². The summed E-state index contributed by atoms with van der Waals surface area (Å²) in [7, 11) is 0. The van der Waals surface area contributed by atoms with Crippen LogP contribution in [0.15, 0.2) is 47.1 Å². The first-order valence-corrected chi connectivity index (χ1v) is 9.24. The van der Waals surface area contributed by atoms with Gasteiger partial charge in [-0.25, -0.2) is 0 Å². The summed E-state index contributed by atoms with van der Waals surface area (Å²) in [6, 6.07) is 11.2. The molecule has 2 aliphatic rings. The van der Waals surface area contributed by atoms with Gasteiger partial charge in [0.1, 0.15) is 12.2 Å². The number of hydrogen-bond acceptors (Lipinski definition) is 6. The molecule has 7 heteroatoms. The molecular weight excluding hydrogens is 348 g/mol. The van der Waals surface area contributed by atoms with Crippen molar-refractivity contribution < 1.29 is 24.2 Å². The molecule has 0 bridgehead atoms. The summed E-state index contributed by atoms with van der Waals surface area (Å²) < 4.78 is 11.0. The second-order valence-electron chi connectivity index (χ2n) is 7.05. The van der Waals surface area contributed by atoms with Crippen molar-refractivity contribution in [2.24, 2.45) is 0 Å². The fraction of sp³-hybridized carbons (Fsp3) is 0.450. The van der Waals surface area contributed by atoms with Gasteiger partial charge in [-0.1, -0.05) is 24.3 Å². The molecule has 0 aliphatic carbocycles. The van der Waals surface area contributed by atoms with E-state index in [4.69, 9.17) is 9.15 Å². The lowest BCUT2D eigenvalue weighted by atomic mass is 9.95. The first-order chi connectivity index (χ1) is 13.2. The summed E-state index contributed by atoms with van der Waals surface area (Å²) in [6.07, 6.45) is 0.458. The van der Waals surface area contributed by atoms with E-state index >= 15 is 0 Å². The molecule has 1 aromatic carbocycles. The van der Waals surface area contributed by atoms with Crippen LogP contribution < -0.4 is 5.32 Å². The third kappa shape index (κ3) is 3.64. The maximum atomic E-state index is 12.2. The van der Waals surface area contributed by atoms with Gasteiger partial charge in [-0.05, 0) is 29.7 Å². The van der Waals surface area contributed by atoms with Gasteiger partial charge in [0.25, 0.3) is 5.91 Å². The van der Waals surface area contributed by atoms with E-state index in [1.807, 2.05) is 12.1 Å². The molecule has 27 heavy (non-hydrogen) atoms. The molecule has 1 amide bonds. The van der Waals surface area contributed by atoms with Gasteiger partial charge in [0, 0.05) is 19.6 Å². The SMILES string of the molecule is O=C(NCC1OC(CO)C(O)C1N1CCc2ccccc2C1)c1ccco1. The molecule has 3 heterocycles. The molecule has 4 atom stereocenters. The van der Waals surface area contributed by atoms with Crippen LogP contribution in [0.1, 0.15) is 21.7 Å². The van der Waals surface area contributed by atoms with Crippen LogP contribution in [0.2, 0.25) is 0 Å². The smallest absolute Gasteiger partial charge is 0.287 e. The van der Waals surface area contributed by atoms with Crippen molar-refractivity contribution in [2.75, 3.05) is 19.7 Å². The van der Waals surface area contributed by atoms with Gasteiger partial charge in [-0.2, -0.15) is 0 Å². The highest BCUT2D eigenvalue weighted by Gasteiger charge is 2.46. The number of aliphatic hydroxyl groups excluding tert-OH is 2. The number of fused-ring (bicyclic) bond motifs is 1. The number of ether oxygens (including phenoxy) is 1. The van der Waals surface area contributed by atoms with E-state index < -0.39 is 18.3 Å². The summed E-state index contributed by atoms with van der Waals surface area (Å²) in [5, 5.41) is 23.1. The van der Waals surface area contributed by atoms with Crippen LogP contribution in [0.5, 0.6) is 0 Å². The first-order valence-electron chi connectivity index (χ1n) is 9.24. The number of carbonyl (C=O) groups excluding carboxylic acids is 1. The Balaban J connectivity index is 1.47. The third-order valence-corrected chi connectivity index (χ3v) is 5.43. The Morgan fingerprint density at radius 3 is 2.74 bits per heavy atom. The molecule has 2 aromatic rings. The van der Waals surface area contributed by atoms with Gasteiger partial charge in [0.2, 0.25) is 0 Å². The first kappa shape index (κ1) is 18.2. The lowest BCUT2D eigenvalue weighted by Gasteiger charge is -2.37. The Morgan fingerprint density at radius 2 is 2.00 bits per heavy atom. The predicted molar refractivity (Wildman–Crippen MR) is 97.1 cm³/mol. The average molecular weight is 372 g/mol. The van der Waals surface area contributed by atoms with Crippen molar-refractivity contribution in [1.29, 1.82) is 0 Å². The molecule has 144 valence electrons. The maximum absolute atomic E-state index is 12.2. The molecule has 1 fully saturated rings. The molecule has 1 aromatic heterocycles. The standard InChI is InChI=1S/C20H24N2O5/c23-12-17-19(24)18(22-8-7-13-4-1-2-5-14(13)11-22)16(27-17)10-21-20(25)15-6-3-9-26-15/h1-6,9,16-19,23-24H,7-8,10-12H2,(H,21,25). The van der Waals surface area contributed by atoms with Crippen molar-refractivity contribution in [2.45, 2.75) is 37.3 Å². The van der Waals surface area contributed by atoms with Gasteiger partial charge < -0.3 is 24.7 Å². The van der Waals surface area contributed by atoms with Gasteiger partial charge >= 0.3 is 0 Å². The minimum atomic E-state index is -0.814. The number of rotatable bonds is 5. The van der Waals surface area contributed by atoms with E-state index in [1.54, 1.807) is 12.1 Å². The molecule has 4 unspecified atom stereocenters. The van der Waals surface area contributed by atoms with Crippen molar-refractivity contribution >= 4 is 5.91 Å². The number of nitrogens with zero attached hydrogens (tertiary/aromatic N) is 1. The number of amides is 1. The highest BCUT2D eigenvalue weighted by atomic mass is 16.5. The largest absolute Gasteiger partial charge is 0.459 e. The zero-order chi connectivity index (χ0) is 18.8. The highest BCUT2D eigenvalue weighted by Crippen LogP contribution is 2.30. The van der Waals surface area contributed by atoms with Crippen LogP contribution in [0.4, 0.5) is 0 Å². The Morgan fingerprint density at radius 1 is 1.19 bits per heavy atom. The Kier molecular flexibility index (Phi) is 5.27. The summed E-state index contributed by atoms with van der Waals surface area (Å²) in [5.41, 5.74) is 2.56. The number of carbonyl (C=O) groups is 1. The summed E-state index contributed by atoms with van der Waals surface area (Å²) in [6.45, 7) is 1.48. The van der Waals surface area contributed by atoms with E-state index in [1.165, 1.54) is 17.4 Å². The number of benzene rings is 1. The zero-order valence-electron chi connectivity index (χ0n) is 15.0. The zero-order valence-corrected chi connectivity index (χ0v) is 15.0. The molecule has 2 aliphatic heterocycles. The summed E-state index contributed by atoms with van der Waals surface area (Å²) in [5.74, 6) is -0.0935. The lowest BCUT2D eigenvalue weighted by molar-refractivity contribution is -0.0209. The highest BCUT2D eigenvalue weighted by molar-refractivity contribution is 5.91. The van der Waals surface area contributed by atoms with E-state index in [9.17, 15) is 15.0 Å². The normalized spacial score (nSPS) is 28.1. The molecule has 3 N–H and O–H groups in total. The van der Waals surface area contributed by atoms with Gasteiger partial charge in [0.05, 0.1) is 25.0 Å². The Bertz CT molecular complexity index is 778. The number of aliphatic hydroxyl groups is 2. The Hall–Kier alpha value is -2.19. The fourth-order valence-corrected chi connectivity index (χ4v) is 4.06. The molecule has 7 nitrogen and oxygen atoms in total. The maximum Gasteiger partial charge on any atom is 0.287 e. The molecule has 1 saturated heterocycles. The van der Waals surface area contributed by atoms with Gasteiger partial charge in [-0.3, -0.25) is 9.69 Å². The fourth-order valence-electron chi connectivity index (χ4n) is 4.06. The topological polar surface area (TPSA) is 95.2 Å². The van der Waals surface area contributed by atoms with Crippen molar-refractivity contribution in [3.05, 3.63) is 59.5 Å². The second-order valence-corrected chi connectivity index (χ2v) is 7.05. The minimum Gasteiger partial charge on any atom is -0.459 e.